The molecule has 1 aromatic carbocycles. The van der Waals surface area contributed by atoms with Gasteiger partial charge in [0.05, 0.1) is 17.3 Å². The molecule has 3 rings (SSSR count). The molecule has 2 aliphatic heterocycles. The number of fused-ring (bicyclic) bond motifs is 1. The number of rotatable bonds is 3. The molecule has 21 heavy (non-hydrogen) atoms. The standard InChI is InChI=1S/C17H23NO3/c1-17(2)9-8-12(21-17)11-18-10-4-6-13-14(16(19)20)5-3-7-15(13)18/h3,5,7,12H,4,6,8-11H2,1-2H3,(H,19,20). The molecule has 0 amide bonds. The van der Waals surface area contributed by atoms with Crippen molar-refractivity contribution in [2.24, 2.45) is 0 Å². The largest absolute Gasteiger partial charge is 0.478 e. The van der Waals surface area contributed by atoms with Crippen molar-refractivity contribution >= 4 is 11.7 Å². The Morgan fingerprint density at radius 2 is 2.29 bits per heavy atom. The lowest BCUT2D eigenvalue weighted by Gasteiger charge is -2.34. The van der Waals surface area contributed by atoms with Gasteiger partial charge in [-0.2, -0.15) is 0 Å². The Hall–Kier alpha value is -1.55. The van der Waals surface area contributed by atoms with Crippen LogP contribution in [0.15, 0.2) is 18.2 Å². The van der Waals surface area contributed by atoms with E-state index in [1.807, 2.05) is 12.1 Å². The fraction of sp³-hybridized carbons (Fsp3) is 0.588. The third-order valence-corrected chi connectivity index (χ3v) is 4.56. The Morgan fingerprint density at radius 1 is 1.48 bits per heavy atom. The van der Waals surface area contributed by atoms with Gasteiger partial charge in [0.1, 0.15) is 0 Å². The highest BCUT2D eigenvalue weighted by Crippen LogP contribution is 2.34. The van der Waals surface area contributed by atoms with Gasteiger partial charge in [0.15, 0.2) is 0 Å². The molecule has 0 radical (unpaired) electrons. The molecule has 1 saturated heterocycles. The van der Waals surface area contributed by atoms with Crippen LogP contribution in [0.25, 0.3) is 0 Å². The van der Waals surface area contributed by atoms with Crippen molar-refractivity contribution in [2.45, 2.75) is 51.2 Å². The minimum atomic E-state index is -0.827. The van der Waals surface area contributed by atoms with E-state index in [1.165, 1.54) is 0 Å². The molecule has 0 aliphatic carbocycles. The Labute approximate surface area is 125 Å². The van der Waals surface area contributed by atoms with Gasteiger partial charge < -0.3 is 14.7 Å². The zero-order valence-corrected chi connectivity index (χ0v) is 12.8. The molecule has 1 unspecified atom stereocenters. The average molecular weight is 289 g/mol. The predicted octanol–water partition coefficient (Wildman–Crippen LogP) is 3.10. The van der Waals surface area contributed by atoms with E-state index < -0.39 is 5.97 Å². The van der Waals surface area contributed by atoms with Crippen molar-refractivity contribution < 1.29 is 14.6 Å². The second-order valence-corrected chi connectivity index (χ2v) is 6.70. The fourth-order valence-electron chi connectivity index (χ4n) is 3.54. The van der Waals surface area contributed by atoms with Crippen molar-refractivity contribution in [3.05, 3.63) is 29.3 Å². The molecule has 0 saturated carbocycles. The first-order valence-corrected chi connectivity index (χ1v) is 7.74. The molecule has 0 bridgehead atoms. The van der Waals surface area contributed by atoms with Crippen molar-refractivity contribution in [2.75, 3.05) is 18.0 Å². The lowest BCUT2D eigenvalue weighted by Crippen LogP contribution is -2.37. The number of nitrogens with zero attached hydrogens (tertiary/aromatic N) is 1. The molecule has 4 nitrogen and oxygen atoms in total. The molecule has 114 valence electrons. The first kappa shape index (κ1) is 14.4. The number of carboxylic acids is 1. The smallest absolute Gasteiger partial charge is 0.336 e. The summed E-state index contributed by atoms with van der Waals surface area (Å²) in [6, 6.07) is 5.60. The van der Waals surface area contributed by atoms with Crippen molar-refractivity contribution in [3.8, 4) is 0 Å². The van der Waals surface area contributed by atoms with Crippen molar-refractivity contribution in [1.29, 1.82) is 0 Å². The van der Waals surface area contributed by atoms with E-state index in [0.717, 1.165) is 50.0 Å². The van der Waals surface area contributed by atoms with Crippen LogP contribution in [0.5, 0.6) is 0 Å². The number of aromatic carboxylic acids is 1. The molecule has 1 aromatic rings. The topological polar surface area (TPSA) is 49.8 Å². The van der Waals surface area contributed by atoms with Crippen LogP contribution in [0.2, 0.25) is 0 Å². The summed E-state index contributed by atoms with van der Waals surface area (Å²) >= 11 is 0. The van der Waals surface area contributed by atoms with Gasteiger partial charge in [0.2, 0.25) is 0 Å². The number of carboxylic acid groups (broad SMARTS) is 1. The van der Waals surface area contributed by atoms with Gasteiger partial charge in [-0.25, -0.2) is 4.79 Å². The number of hydrogen-bond donors (Lipinski definition) is 1. The van der Waals surface area contributed by atoms with Gasteiger partial charge in [0, 0.05) is 18.8 Å². The Bertz CT molecular complexity index is 553. The first-order valence-electron chi connectivity index (χ1n) is 7.74. The normalized spacial score (nSPS) is 23.9. The van der Waals surface area contributed by atoms with E-state index in [2.05, 4.69) is 18.7 Å². The highest BCUT2D eigenvalue weighted by Gasteiger charge is 2.33. The van der Waals surface area contributed by atoms with Crippen LogP contribution in [0.4, 0.5) is 5.69 Å². The summed E-state index contributed by atoms with van der Waals surface area (Å²) in [7, 11) is 0. The molecule has 2 aliphatic rings. The maximum atomic E-state index is 11.4. The summed E-state index contributed by atoms with van der Waals surface area (Å²) < 4.78 is 6.09. The molecular formula is C17H23NO3. The minimum absolute atomic E-state index is 0.0216. The zero-order chi connectivity index (χ0) is 15.0. The van der Waals surface area contributed by atoms with E-state index in [0.29, 0.717) is 5.56 Å². The lowest BCUT2D eigenvalue weighted by molar-refractivity contribution is -0.0116. The van der Waals surface area contributed by atoms with Crippen LogP contribution in [0, 0.1) is 0 Å². The van der Waals surface area contributed by atoms with E-state index in [4.69, 9.17) is 4.74 Å². The predicted molar refractivity (Wildman–Crippen MR) is 82.1 cm³/mol. The van der Waals surface area contributed by atoms with Gasteiger partial charge in [-0.15, -0.1) is 0 Å². The molecule has 0 aromatic heterocycles. The van der Waals surface area contributed by atoms with Gasteiger partial charge in [0.25, 0.3) is 0 Å². The van der Waals surface area contributed by atoms with Crippen LogP contribution in [-0.2, 0) is 11.2 Å². The minimum Gasteiger partial charge on any atom is -0.478 e. The van der Waals surface area contributed by atoms with Crippen LogP contribution in [0.3, 0.4) is 0 Å². The van der Waals surface area contributed by atoms with Gasteiger partial charge in [-0.3, -0.25) is 0 Å². The number of hydrogen-bond acceptors (Lipinski definition) is 3. The number of carbonyl (C=O) groups is 1. The number of ether oxygens (including phenoxy) is 1. The summed E-state index contributed by atoms with van der Waals surface area (Å²) in [5, 5.41) is 9.34. The SMILES string of the molecule is CC1(C)CCC(CN2CCCc3c(C(=O)O)cccc32)O1. The van der Waals surface area contributed by atoms with Gasteiger partial charge in [-0.1, -0.05) is 6.07 Å². The summed E-state index contributed by atoms with van der Waals surface area (Å²) in [4.78, 5) is 13.7. The third-order valence-electron chi connectivity index (χ3n) is 4.56. The van der Waals surface area contributed by atoms with Crippen LogP contribution >= 0.6 is 0 Å². The number of benzene rings is 1. The Morgan fingerprint density at radius 3 is 2.95 bits per heavy atom. The second kappa shape index (κ2) is 5.34. The summed E-state index contributed by atoms with van der Waals surface area (Å²) in [6.45, 7) is 6.12. The average Bonchev–Trinajstić information content (AvgIpc) is 2.77. The summed E-state index contributed by atoms with van der Waals surface area (Å²) in [6.07, 6.45) is 4.28. The fourth-order valence-corrected chi connectivity index (χ4v) is 3.54. The van der Waals surface area contributed by atoms with Crippen LogP contribution < -0.4 is 4.90 Å². The molecular weight excluding hydrogens is 266 g/mol. The van der Waals surface area contributed by atoms with Gasteiger partial charge >= 0.3 is 5.97 Å². The van der Waals surface area contributed by atoms with E-state index in [1.54, 1.807) is 6.07 Å². The highest BCUT2D eigenvalue weighted by molar-refractivity contribution is 5.91. The molecule has 4 heteroatoms. The lowest BCUT2D eigenvalue weighted by atomic mass is 9.96. The summed E-state index contributed by atoms with van der Waals surface area (Å²) in [5.41, 5.74) is 2.49. The molecule has 1 atom stereocenters. The maximum Gasteiger partial charge on any atom is 0.336 e. The number of anilines is 1. The van der Waals surface area contributed by atoms with E-state index >= 15 is 0 Å². The van der Waals surface area contributed by atoms with Gasteiger partial charge in [-0.05, 0) is 57.2 Å². The Balaban J connectivity index is 1.81. The van der Waals surface area contributed by atoms with Crippen molar-refractivity contribution in [1.82, 2.24) is 0 Å². The van der Waals surface area contributed by atoms with Crippen molar-refractivity contribution in [3.63, 3.8) is 0 Å². The van der Waals surface area contributed by atoms with E-state index in [9.17, 15) is 9.90 Å². The molecule has 1 N–H and O–H groups in total. The third kappa shape index (κ3) is 2.91. The van der Waals surface area contributed by atoms with Crippen LogP contribution in [-0.4, -0.2) is 35.9 Å². The monoisotopic (exact) mass is 289 g/mol. The molecule has 0 spiro atoms. The zero-order valence-electron chi connectivity index (χ0n) is 12.8. The maximum absolute atomic E-state index is 11.4. The second-order valence-electron chi connectivity index (χ2n) is 6.70. The molecule has 1 fully saturated rings. The Kier molecular flexibility index (Phi) is 3.66. The highest BCUT2D eigenvalue weighted by atomic mass is 16.5. The molecule has 2 heterocycles. The van der Waals surface area contributed by atoms with Crippen LogP contribution in [0.1, 0.15) is 49.0 Å². The van der Waals surface area contributed by atoms with E-state index in [-0.39, 0.29) is 11.7 Å². The quantitative estimate of drug-likeness (QED) is 0.929. The summed E-state index contributed by atoms with van der Waals surface area (Å²) in [5.74, 6) is -0.827. The first-order chi connectivity index (χ1) is 9.96.